The number of benzene rings is 2. The van der Waals surface area contributed by atoms with Gasteiger partial charge in [0.2, 0.25) is 11.8 Å². The molecule has 2 aromatic rings. The monoisotopic (exact) mass is 493 g/mol. The van der Waals surface area contributed by atoms with Crippen LogP contribution in [0.4, 0.5) is 10.1 Å². The largest absolute Gasteiger partial charge is 0.490 e. The molecule has 0 saturated carbocycles. The molecule has 9 heteroatoms. The van der Waals surface area contributed by atoms with Gasteiger partial charge in [0.1, 0.15) is 12.2 Å². The van der Waals surface area contributed by atoms with E-state index in [4.69, 9.17) is 9.47 Å². The van der Waals surface area contributed by atoms with E-state index in [0.29, 0.717) is 40.4 Å². The first-order chi connectivity index (χ1) is 14.9. The van der Waals surface area contributed by atoms with Gasteiger partial charge >= 0.3 is 0 Å². The summed E-state index contributed by atoms with van der Waals surface area (Å²) in [7, 11) is 0. The van der Waals surface area contributed by atoms with E-state index in [2.05, 4.69) is 38.7 Å². The molecule has 0 aliphatic heterocycles. The van der Waals surface area contributed by atoms with Crippen molar-refractivity contribution in [2.45, 2.75) is 33.1 Å². The van der Waals surface area contributed by atoms with Gasteiger partial charge < -0.3 is 14.8 Å². The van der Waals surface area contributed by atoms with E-state index in [-0.39, 0.29) is 0 Å². The van der Waals surface area contributed by atoms with Gasteiger partial charge in [-0.05, 0) is 71.2 Å². The van der Waals surface area contributed by atoms with E-state index in [1.54, 1.807) is 12.1 Å². The molecule has 0 aliphatic carbocycles. The van der Waals surface area contributed by atoms with Crippen molar-refractivity contribution in [1.82, 2.24) is 5.43 Å². The summed E-state index contributed by atoms with van der Waals surface area (Å²) >= 11 is 3.48. The highest BCUT2D eigenvalue weighted by molar-refractivity contribution is 9.10. The quantitative estimate of drug-likeness (QED) is 0.206. The zero-order valence-electron chi connectivity index (χ0n) is 17.4. The second-order valence-electron chi connectivity index (χ2n) is 6.49. The van der Waals surface area contributed by atoms with E-state index in [1.807, 2.05) is 6.92 Å². The molecule has 0 bridgehead atoms. The minimum Gasteiger partial charge on any atom is -0.490 e. The van der Waals surface area contributed by atoms with Crippen molar-refractivity contribution in [3.63, 3.8) is 0 Å². The van der Waals surface area contributed by atoms with Crippen molar-refractivity contribution in [3.8, 4) is 11.5 Å². The molecule has 2 N–H and O–H groups in total. The fourth-order valence-corrected chi connectivity index (χ4v) is 3.06. The van der Waals surface area contributed by atoms with Crippen LogP contribution in [0.2, 0.25) is 0 Å². The van der Waals surface area contributed by atoms with Crippen LogP contribution in [0.1, 0.15) is 38.7 Å². The van der Waals surface area contributed by atoms with Gasteiger partial charge in [-0.15, -0.1) is 0 Å². The van der Waals surface area contributed by atoms with Crippen molar-refractivity contribution in [2.24, 2.45) is 5.10 Å². The van der Waals surface area contributed by atoms with Crippen LogP contribution in [0, 0.1) is 5.82 Å². The topological polar surface area (TPSA) is 89.0 Å². The molecule has 2 aromatic carbocycles. The standard InChI is InChI=1S/C22H25BrFN3O4/c1-3-5-10-31-22-18(23)11-15(12-19(22)30-4-2)14-25-27-21(29)13-20(28)26-17-8-6-16(24)7-9-17/h6-9,11-12,14H,3-5,10,13H2,1-2H3,(H,26,28)(H,27,29). The Bertz CT molecular complexity index is 920. The number of unbranched alkanes of at least 4 members (excludes halogenated alkanes) is 1. The van der Waals surface area contributed by atoms with Crippen LogP contribution in [0.15, 0.2) is 46.0 Å². The van der Waals surface area contributed by atoms with Gasteiger partial charge in [-0.1, -0.05) is 13.3 Å². The van der Waals surface area contributed by atoms with Crippen molar-refractivity contribution < 1.29 is 23.5 Å². The lowest BCUT2D eigenvalue weighted by molar-refractivity contribution is -0.126. The highest BCUT2D eigenvalue weighted by atomic mass is 79.9. The van der Waals surface area contributed by atoms with E-state index in [9.17, 15) is 14.0 Å². The predicted octanol–water partition coefficient (Wildman–Crippen LogP) is 4.64. The Morgan fingerprint density at radius 1 is 1.13 bits per heavy atom. The Labute approximate surface area is 189 Å². The Kier molecular flexibility index (Phi) is 9.96. The first kappa shape index (κ1) is 24.3. The zero-order chi connectivity index (χ0) is 22.6. The predicted molar refractivity (Wildman–Crippen MR) is 121 cm³/mol. The number of nitrogens with zero attached hydrogens (tertiary/aromatic N) is 1. The van der Waals surface area contributed by atoms with Gasteiger partial charge in [-0.2, -0.15) is 5.10 Å². The Morgan fingerprint density at radius 3 is 2.55 bits per heavy atom. The number of hydrogen-bond donors (Lipinski definition) is 2. The van der Waals surface area contributed by atoms with Crippen molar-refractivity contribution in [3.05, 3.63) is 52.3 Å². The summed E-state index contributed by atoms with van der Waals surface area (Å²) in [5.41, 5.74) is 3.38. The highest BCUT2D eigenvalue weighted by Crippen LogP contribution is 2.36. The number of hydrogen-bond acceptors (Lipinski definition) is 5. The number of carbonyl (C=O) groups is 2. The number of ether oxygens (including phenoxy) is 2. The smallest absolute Gasteiger partial charge is 0.249 e. The maximum atomic E-state index is 12.9. The molecule has 0 saturated heterocycles. The molecular formula is C22H25BrFN3O4. The molecule has 2 rings (SSSR count). The average Bonchev–Trinajstić information content (AvgIpc) is 2.72. The van der Waals surface area contributed by atoms with E-state index in [0.717, 1.165) is 12.8 Å². The van der Waals surface area contributed by atoms with Crippen LogP contribution in [0.5, 0.6) is 11.5 Å². The molecule has 0 atom stereocenters. The number of carbonyl (C=O) groups excluding carboxylic acids is 2. The van der Waals surface area contributed by atoms with Crippen LogP contribution in [0.3, 0.4) is 0 Å². The van der Waals surface area contributed by atoms with Crippen molar-refractivity contribution in [2.75, 3.05) is 18.5 Å². The first-order valence-corrected chi connectivity index (χ1v) is 10.7. The Hall–Kier alpha value is -2.94. The summed E-state index contributed by atoms with van der Waals surface area (Å²) in [6.07, 6.45) is 2.97. The summed E-state index contributed by atoms with van der Waals surface area (Å²) < 4.78 is 25.1. The van der Waals surface area contributed by atoms with Gasteiger partial charge in [-0.3, -0.25) is 9.59 Å². The Morgan fingerprint density at radius 2 is 1.87 bits per heavy atom. The number of rotatable bonds is 11. The summed E-state index contributed by atoms with van der Waals surface area (Å²) in [5, 5.41) is 6.40. The third kappa shape index (κ3) is 8.37. The lowest BCUT2D eigenvalue weighted by atomic mass is 10.2. The zero-order valence-corrected chi connectivity index (χ0v) is 19.0. The third-order valence-corrected chi connectivity index (χ3v) is 4.52. The van der Waals surface area contributed by atoms with Gasteiger partial charge in [0.25, 0.3) is 0 Å². The molecule has 0 radical (unpaired) electrons. The van der Waals surface area contributed by atoms with Crippen LogP contribution in [-0.2, 0) is 9.59 Å². The molecule has 166 valence electrons. The summed E-state index contributed by atoms with van der Waals surface area (Å²) in [6, 6.07) is 8.80. The van der Waals surface area contributed by atoms with E-state index in [1.165, 1.54) is 30.5 Å². The van der Waals surface area contributed by atoms with Crippen LogP contribution in [0.25, 0.3) is 0 Å². The SMILES string of the molecule is CCCCOc1c(Br)cc(C=NNC(=O)CC(=O)Nc2ccc(F)cc2)cc1OCC. The number of anilines is 1. The molecule has 0 spiro atoms. The fourth-order valence-electron chi connectivity index (χ4n) is 2.49. The number of amides is 2. The summed E-state index contributed by atoms with van der Waals surface area (Å²) in [5.74, 6) is -0.341. The van der Waals surface area contributed by atoms with Crippen LogP contribution < -0.4 is 20.2 Å². The van der Waals surface area contributed by atoms with Gasteiger partial charge in [0, 0.05) is 5.69 Å². The molecule has 31 heavy (non-hydrogen) atoms. The van der Waals surface area contributed by atoms with E-state index >= 15 is 0 Å². The van der Waals surface area contributed by atoms with Gasteiger partial charge in [0.15, 0.2) is 11.5 Å². The number of halogens is 2. The molecule has 0 aliphatic rings. The fraction of sp³-hybridized carbons (Fsp3) is 0.318. The highest BCUT2D eigenvalue weighted by Gasteiger charge is 2.12. The molecule has 7 nitrogen and oxygen atoms in total. The van der Waals surface area contributed by atoms with Crippen molar-refractivity contribution in [1.29, 1.82) is 0 Å². The Balaban J connectivity index is 1.93. The minimum absolute atomic E-state index is 0.400. The number of nitrogens with one attached hydrogen (secondary N) is 2. The lowest BCUT2D eigenvalue weighted by Crippen LogP contribution is -2.24. The molecular weight excluding hydrogens is 469 g/mol. The average molecular weight is 494 g/mol. The maximum Gasteiger partial charge on any atom is 0.249 e. The first-order valence-electron chi connectivity index (χ1n) is 9.89. The second kappa shape index (κ2) is 12.7. The van der Waals surface area contributed by atoms with Gasteiger partial charge in [-0.25, -0.2) is 9.82 Å². The third-order valence-electron chi connectivity index (χ3n) is 3.93. The molecule has 0 heterocycles. The number of hydrazone groups is 1. The van der Waals surface area contributed by atoms with E-state index < -0.39 is 24.1 Å². The van der Waals surface area contributed by atoms with Crippen LogP contribution >= 0.6 is 15.9 Å². The van der Waals surface area contributed by atoms with Gasteiger partial charge in [0.05, 0.1) is 23.9 Å². The molecule has 2 amide bonds. The van der Waals surface area contributed by atoms with Crippen LogP contribution in [-0.4, -0.2) is 31.2 Å². The lowest BCUT2D eigenvalue weighted by Gasteiger charge is -2.14. The maximum absolute atomic E-state index is 12.9. The molecule has 0 unspecified atom stereocenters. The summed E-state index contributed by atoms with van der Waals surface area (Å²) in [4.78, 5) is 23.8. The normalized spacial score (nSPS) is 10.7. The molecule has 0 aromatic heterocycles. The molecule has 0 fully saturated rings. The van der Waals surface area contributed by atoms with Crippen molar-refractivity contribution >= 4 is 39.6 Å². The summed E-state index contributed by atoms with van der Waals surface area (Å²) in [6.45, 7) is 5.01. The second-order valence-corrected chi connectivity index (χ2v) is 7.34. The minimum atomic E-state index is -0.584.